The van der Waals surface area contributed by atoms with Crippen LogP contribution in [0.1, 0.15) is 32.1 Å². The monoisotopic (exact) mass is 306 g/mol. The van der Waals surface area contributed by atoms with Crippen LogP contribution in [0, 0.1) is 5.92 Å². The Hall–Kier alpha value is -1.73. The second-order valence-electron chi connectivity index (χ2n) is 5.71. The maximum Gasteiger partial charge on any atom is 0.248 e. The van der Waals surface area contributed by atoms with Crippen molar-refractivity contribution in [1.29, 1.82) is 0 Å². The van der Waals surface area contributed by atoms with Gasteiger partial charge in [-0.1, -0.05) is 0 Å². The summed E-state index contributed by atoms with van der Waals surface area (Å²) in [5.41, 5.74) is 2.56. The number of ether oxygens (including phenoxy) is 1. The van der Waals surface area contributed by atoms with Crippen molar-refractivity contribution in [2.24, 2.45) is 5.92 Å². The predicted molar refractivity (Wildman–Crippen MR) is 79.8 cm³/mol. The van der Waals surface area contributed by atoms with Crippen LogP contribution in [0.25, 0.3) is 0 Å². The van der Waals surface area contributed by atoms with E-state index >= 15 is 0 Å². The van der Waals surface area contributed by atoms with E-state index in [9.17, 15) is 4.79 Å². The largest absolute Gasteiger partial charge is 0.350 e. The minimum absolute atomic E-state index is 0.0881. The highest BCUT2D eigenvalue weighted by atomic mass is 16.8. The average Bonchev–Trinajstić information content (AvgIpc) is 2.61. The topological polar surface area (TPSA) is 76.6 Å². The van der Waals surface area contributed by atoms with E-state index < -0.39 is 0 Å². The third-order valence-corrected chi connectivity index (χ3v) is 4.06. The number of hydroxylamine groups is 1. The molecule has 0 unspecified atom stereocenters. The first kappa shape index (κ1) is 15.2. The van der Waals surface area contributed by atoms with E-state index in [0.717, 1.165) is 38.6 Å². The molecule has 0 aliphatic carbocycles. The van der Waals surface area contributed by atoms with E-state index in [1.165, 1.54) is 0 Å². The van der Waals surface area contributed by atoms with Crippen LogP contribution in [0.2, 0.25) is 0 Å². The lowest BCUT2D eigenvalue weighted by Crippen LogP contribution is -2.45. The molecular formula is C15H22N4O3. The first-order valence-corrected chi connectivity index (χ1v) is 7.92. The molecule has 2 aliphatic rings. The molecule has 2 aliphatic heterocycles. The zero-order valence-corrected chi connectivity index (χ0v) is 12.6. The Balaban J connectivity index is 1.49. The van der Waals surface area contributed by atoms with E-state index in [1.54, 1.807) is 18.5 Å². The van der Waals surface area contributed by atoms with Crippen LogP contribution in [0.5, 0.6) is 0 Å². The Kier molecular flexibility index (Phi) is 5.18. The summed E-state index contributed by atoms with van der Waals surface area (Å²) in [4.78, 5) is 28.2. The number of carbonyl (C=O) groups excluding carboxylic acids is 1. The number of nitrogens with zero attached hydrogens (tertiary/aromatic N) is 3. The van der Waals surface area contributed by atoms with Crippen molar-refractivity contribution in [2.75, 3.05) is 24.6 Å². The van der Waals surface area contributed by atoms with Gasteiger partial charge in [-0.05, 0) is 31.7 Å². The zero-order chi connectivity index (χ0) is 15.2. The summed E-state index contributed by atoms with van der Waals surface area (Å²) < 4.78 is 5.44. The average molecular weight is 306 g/mol. The summed E-state index contributed by atoms with van der Waals surface area (Å²) >= 11 is 0. The van der Waals surface area contributed by atoms with Gasteiger partial charge < -0.3 is 9.64 Å². The summed E-state index contributed by atoms with van der Waals surface area (Å²) in [6.07, 6.45) is 7.88. The molecule has 2 fully saturated rings. The quantitative estimate of drug-likeness (QED) is 0.844. The third kappa shape index (κ3) is 3.92. The Morgan fingerprint density at radius 2 is 2.14 bits per heavy atom. The van der Waals surface area contributed by atoms with Gasteiger partial charge in [-0.25, -0.2) is 20.3 Å². The zero-order valence-electron chi connectivity index (χ0n) is 12.6. The number of piperidine rings is 1. The number of hydrogen-bond donors (Lipinski definition) is 1. The molecular weight excluding hydrogens is 284 g/mol. The summed E-state index contributed by atoms with van der Waals surface area (Å²) in [6, 6.07) is 1.79. The van der Waals surface area contributed by atoms with Crippen molar-refractivity contribution in [3.63, 3.8) is 0 Å². The Morgan fingerprint density at radius 3 is 2.91 bits per heavy atom. The van der Waals surface area contributed by atoms with Crippen LogP contribution in [0.4, 0.5) is 5.95 Å². The van der Waals surface area contributed by atoms with Crippen LogP contribution in [-0.2, 0) is 14.4 Å². The van der Waals surface area contributed by atoms with E-state index in [0.29, 0.717) is 19.1 Å². The first-order valence-electron chi connectivity index (χ1n) is 7.92. The number of anilines is 1. The summed E-state index contributed by atoms with van der Waals surface area (Å²) in [5, 5.41) is 0. The lowest BCUT2D eigenvalue weighted by atomic mass is 9.98. The summed E-state index contributed by atoms with van der Waals surface area (Å²) in [7, 11) is 0. The van der Waals surface area contributed by atoms with Gasteiger partial charge in [0.05, 0.1) is 5.92 Å². The van der Waals surface area contributed by atoms with E-state index in [2.05, 4.69) is 15.4 Å². The molecule has 1 aromatic rings. The fraction of sp³-hybridized carbons (Fsp3) is 0.667. The molecule has 2 atom stereocenters. The SMILES string of the molecule is O=C(NO[C@H]1CCCCO1)[C@H]1CCCN(c2ncccn2)C1. The van der Waals surface area contributed by atoms with Crippen LogP contribution in [0.15, 0.2) is 18.5 Å². The minimum Gasteiger partial charge on any atom is -0.350 e. The summed E-state index contributed by atoms with van der Waals surface area (Å²) in [5.74, 6) is 0.479. The van der Waals surface area contributed by atoms with E-state index in [-0.39, 0.29) is 18.1 Å². The van der Waals surface area contributed by atoms with Crippen molar-refractivity contribution >= 4 is 11.9 Å². The Labute approximate surface area is 130 Å². The van der Waals surface area contributed by atoms with Gasteiger partial charge in [0.25, 0.3) is 0 Å². The van der Waals surface area contributed by atoms with Gasteiger partial charge >= 0.3 is 0 Å². The molecule has 7 heteroatoms. The van der Waals surface area contributed by atoms with Gasteiger partial charge in [-0.2, -0.15) is 0 Å². The van der Waals surface area contributed by atoms with Crippen molar-refractivity contribution in [1.82, 2.24) is 15.4 Å². The molecule has 2 saturated heterocycles. The second kappa shape index (κ2) is 7.51. The minimum atomic E-state index is -0.310. The van der Waals surface area contributed by atoms with Crippen LogP contribution in [-0.4, -0.2) is 41.9 Å². The highest BCUT2D eigenvalue weighted by Gasteiger charge is 2.28. The van der Waals surface area contributed by atoms with Gasteiger partial charge in [0.15, 0.2) is 6.29 Å². The number of amides is 1. The molecule has 0 aromatic carbocycles. The third-order valence-electron chi connectivity index (χ3n) is 4.06. The van der Waals surface area contributed by atoms with Gasteiger partial charge in [-0.15, -0.1) is 0 Å². The molecule has 0 saturated carbocycles. The van der Waals surface area contributed by atoms with Gasteiger partial charge in [0.2, 0.25) is 11.9 Å². The lowest BCUT2D eigenvalue weighted by Gasteiger charge is -2.32. The molecule has 3 heterocycles. The normalized spacial score (nSPS) is 25.7. The molecule has 0 radical (unpaired) electrons. The highest BCUT2D eigenvalue weighted by Crippen LogP contribution is 2.20. The molecule has 0 bridgehead atoms. The predicted octanol–water partition coefficient (Wildman–Crippen LogP) is 1.27. The van der Waals surface area contributed by atoms with Gasteiger partial charge in [-0.3, -0.25) is 4.79 Å². The number of aromatic nitrogens is 2. The Morgan fingerprint density at radius 1 is 1.27 bits per heavy atom. The molecule has 22 heavy (non-hydrogen) atoms. The molecule has 1 amide bonds. The smallest absolute Gasteiger partial charge is 0.248 e. The van der Waals surface area contributed by atoms with Crippen molar-refractivity contribution in [3.05, 3.63) is 18.5 Å². The van der Waals surface area contributed by atoms with Crippen LogP contribution >= 0.6 is 0 Å². The van der Waals surface area contributed by atoms with Crippen LogP contribution < -0.4 is 10.4 Å². The maximum atomic E-state index is 12.3. The number of nitrogens with one attached hydrogen (secondary N) is 1. The molecule has 120 valence electrons. The fourth-order valence-electron chi connectivity index (χ4n) is 2.84. The lowest BCUT2D eigenvalue weighted by molar-refractivity contribution is -0.202. The molecule has 3 rings (SSSR count). The molecule has 1 aromatic heterocycles. The van der Waals surface area contributed by atoms with Crippen LogP contribution in [0.3, 0.4) is 0 Å². The standard InChI is InChI=1S/C15H22N4O3/c20-14(18-22-13-6-1-2-10-21-13)12-5-3-9-19(11-12)15-16-7-4-8-17-15/h4,7-8,12-13H,1-3,5-6,9-11H2,(H,18,20)/t12-,13-/m0/s1. The van der Waals surface area contributed by atoms with Crippen molar-refractivity contribution in [2.45, 2.75) is 38.4 Å². The molecule has 1 N–H and O–H groups in total. The highest BCUT2D eigenvalue weighted by molar-refractivity contribution is 5.78. The number of hydrogen-bond acceptors (Lipinski definition) is 6. The second-order valence-corrected chi connectivity index (χ2v) is 5.71. The first-order chi connectivity index (χ1) is 10.8. The number of rotatable bonds is 4. The van der Waals surface area contributed by atoms with E-state index in [1.807, 2.05) is 4.90 Å². The molecule has 0 spiro atoms. The fourth-order valence-corrected chi connectivity index (χ4v) is 2.84. The van der Waals surface area contributed by atoms with E-state index in [4.69, 9.17) is 9.57 Å². The van der Waals surface area contributed by atoms with Crippen molar-refractivity contribution < 1.29 is 14.4 Å². The van der Waals surface area contributed by atoms with Crippen molar-refractivity contribution in [3.8, 4) is 0 Å². The summed E-state index contributed by atoms with van der Waals surface area (Å²) in [6.45, 7) is 2.19. The van der Waals surface area contributed by atoms with Gasteiger partial charge in [0.1, 0.15) is 0 Å². The Bertz CT molecular complexity index is 479. The van der Waals surface area contributed by atoms with Gasteiger partial charge in [0, 0.05) is 38.5 Å². The maximum absolute atomic E-state index is 12.3. The number of carbonyl (C=O) groups is 1. The molecule has 7 nitrogen and oxygen atoms in total.